The summed E-state index contributed by atoms with van der Waals surface area (Å²) >= 11 is 0. The van der Waals surface area contributed by atoms with Gasteiger partial charge in [0, 0.05) is 37.4 Å². The quantitative estimate of drug-likeness (QED) is 0.582. The lowest BCUT2D eigenvalue weighted by Gasteiger charge is -2.33. The molecule has 192 valence electrons. The molecular formula is C22H25F6N5O2. The molecule has 1 amide bonds. The van der Waals surface area contributed by atoms with Gasteiger partial charge in [0.25, 0.3) is 0 Å². The predicted molar refractivity (Wildman–Crippen MR) is 118 cm³/mol. The van der Waals surface area contributed by atoms with Crippen molar-refractivity contribution in [3.63, 3.8) is 0 Å². The number of cyclic esters (lactones) is 1. The largest absolute Gasteiger partial charge is 0.431 e. The number of hydrogen-bond acceptors (Lipinski definition) is 6. The Kier molecular flexibility index (Phi) is 7.77. The minimum absolute atomic E-state index is 0.0168. The monoisotopic (exact) mass is 505 g/mol. The van der Waals surface area contributed by atoms with E-state index in [0.29, 0.717) is 32.1 Å². The molecule has 2 N–H and O–H groups in total. The summed E-state index contributed by atoms with van der Waals surface area (Å²) in [4.78, 5) is 21.6. The standard InChI is InChI=1S/C22H25F6N5O2/c1-4-5-6-30-19-17(18(22(26,27)28)35-20(34)32-19)13(3)15-9-14(21(23,24)25)10-16(31-15)33-8-7-29-12(2)11-33/h5-6,9-10,12,18,29H,4,7-8,11H2,1-3H3,(H,30,32,34)/b6-5+,17-13+. The number of rotatable bonds is 4. The number of piperazine rings is 1. The third-order valence-corrected chi connectivity index (χ3v) is 5.42. The number of aliphatic imine (C=N–C) groups is 1. The lowest BCUT2D eigenvalue weighted by atomic mass is 9.97. The van der Waals surface area contributed by atoms with Gasteiger partial charge in [0.1, 0.15) is 11.7 Å². The van der Waals surface area contributed by atoms with Crippen molar-refractivity contribution >= 4 is 23.3 Å². The molecule has 1 aromatic heterocycles. The van der Waals surface area contributed by atoms with Crippen molar-refractivity contribution < 1.29 is 35.9 Å². The van der Waals surface area contributed by atoms with Gasteiger partial charge < -0.3 is 15.0 Å². The molecule has 3 heterocycles. The molecule has 2 atom stereocenters. The second kappa shape index (κ2) is 10.3. The number of aromatic nitrogens is 1. The Bertz CT molecular complexity index is 1050. The highest BCUT2D eigenvalue weighted by Gasteiger charge is 2.50. The second-order valence-corrected chi connectivity index (χ2v) is 8.16. The molecule has 2 unspecified atom stereocenters. The molecule has 1 aromatic rings. The van der Waals surface area contributed by atoms with Gasteiger partial charge in [-0.2, -0.15) is 26.3 Å². The highest BCUT2D eigenvalue weighted by molar-refractivity contribution is 6.13. The van der Waals surface area contributed by atoms with Gasteiger partial charge in [-0.25, -0.2) is 14.8 Å². The summed E-state index contributed by atoms with van der Waals surface area (Å²) in [6.45, 7) is 6.06. The first-order valence-electron chi connectivity index (χ1n) is 10.9. The number of alkyl carbamates (subject to hydrolysis) is 1. The summed E-state index contributed by atoms with van der Waals surface area (Å²) in [6.07, 6.45) is -10.7. The molecule has 0 aliphatic carbocycles. The zero-order valence-corrected chi connectivity index (χ0v) is 19.2. The van der Waals surface area contributed by atoms with Gasteiger partial charge in [0.2, 0.25) is 6.10 Å². The van der Waals surface area contributed by atoms with Crippen LogP contribution < -0.4 is 15.5 Å². The van der Waals surface area contributed by atoms with Gasteiger partial charge in [-0.3, -0.25) is 5.32 Å². The number of hydrogen-bond donors (Lipinski definition) is 2. The molecule has 13 heteroatoms. The van der Waals surface area contributed by atoms with Gasteiger partial charge in [-0.1, -0.05) is 13.0 Å². The maximum atomic E-state index is 13.9. The molecule has 7 nitrogen and oxygen atoms in total. The Morgan fingerprint density at radius 3 is 2.60 bits per heavy atom. The molecule has 35 heavy (non-hydrogen) atoms. The third-order valence-electron chi connectivity index (χ3n) is 5.42. The predicted octanol–water partition coefficient (Wildman–Crippen LogP) is 4.66. The molecule has 2 aliphatic heterocycles. The SMILES string of the molecule is CC/C=C/N=C1\NC(=O)OC(C(F)(F)F)\C1=C(\C)c1cc(C(F)(F)F)cc(N2CCNC(C)C2)n1. The summed E-state index contributed by atoms with van der Waals surface area (Å²) in [6, 6.07) is 1.53. The van der Waals surface area contributed by atoms with Gasteiger partial charge in [0.05, 0.1) is 11.3 Å². The average Bonchev–Trinajstić information content (AvgIpc) is 2.77. The zero-order valence-electron chi connectivity index (χ0n) is 19.2. The molecule has 2 saturated heterocycles. The van der Waals surface area contributed by atoms with Crippen LogP contribution in [0.4, 0.5) is 37.0 Å². The van der Waals surface area contributed by atoms with Crippen molar-refractivity contribution in [3.8, 4) is 0 Å². The smallest absolute Gasteiger partial charge is 0.430 e. The summed E-state index contributed by atoms with van der Waals surface area (Å²) in [5.41, 5.74) is -2.27. The Balaban J connectivity index is 2.23. The minimum atomic E-state index is -5.04. The van der Waals surface area contributed by atoms with Gasteiger partial charge >= 0.3 is 18.4 Å². The van der Waals surface area contributed by atoms with E-state index in [1.54, 1.807) is 11.8 Å². The zero-order chi connectivity index (χ0) is 26.0. The number of carbonyl (C=O) groups is 1. The average molecular weight is 505 g/mol. The maximum Gasteiger partial charge on any atom is 0.430 e. The first-order chi connectivity index (χ1) is 16.3. The first kappa shape index (κ1) is 26.5. The van der Waals surface area contributed by atoms with Gasteiger partial charge in [0.15, 0.2) is 0 Å². The normalized spacial score (nSPS) is 24.5. The van der Waals surface area contributed by atoms with E-state index >= 15 is 0 Å². The second-order valence-electron chi connectivity index (χ2n) is 8.16. The van der Waals surface area contributed by atoms with Crippen LogP contribution in [0.15, 0.2) is 35.0 Å². The number of amidine groups is 1. The van der Waals surface area contributed by atoms with E-state index in [9.17, 15) is 31.1 Å². The minimum Gasteiger partial charge on any atom is -0.431 e. The van der Waals surface area contributed by atoms with Crippen molar-refractivity contribution in [2.45, 2.75) is 51.7 Å². The Morgan fingerprint density at radius 2 is 2.00 bits per heavy atom. The van der Waals surface area contributed by atoms with E-state index in [2.05, 4.69) is 25.3 Å². The number of halogens is 6. The topological polar surface area (TPSA) is 78.8 Å². The van der Waals surface area contributed by atoms with Crippen LogP contribution >= 0.6 is 0 Å². The van der Waals surface area contributed by atoms with Gasteiger partial charge in [-0.05, 0) is 38.0 Å². The van der Waals surface area contributed by atoms with Crippen LogP contribution in [0.2, 0.25) is 0 Å². The van der Waals surface area contributed by atoms with Crippen LogP contribution in [0.25, 0.3) is 5.57 Å². The summed E-state index contributed by atoms with van der Waals surface area (Å²) in [5.74, 6) is -0.487. The molecule has 0 bridgehead atoms. The molecule has 0 aromatic carbocycles. The van der Waals surface area contributed by atoms with Crippen molar-refractivity contribution in [3.05, 3.63) is 41.2 Å². The van der Waals surface area contributed by atoms with Crippen LogP contribution in [0.3, 0.4) is 0 Å². The fraction of sp³-hybridized carbons (Fsp3) is 0.500. The highest BCUT2D eigenvalue weighted by Crippen LogP contribution is 2.37. The lowest BCUT2D eigenvalue weighted by Crippen LogP contribution is -2.50. The molecule has 0 saturated carbocycles. The molecule has 2 fully saturated rings. The Labute approximate surface area is 197 Å². The number of nitrogens with one attached hydrogen (secondary N) is 2. The number of carbonyl (C=O) groups excluding carboxylic acids is 1. The van der Waals surface area contributed by atoms with Crippen molar-refractivity contribution in [2.75, 3.05) is 24.5 Å². The summed E-state index contributed by atoms with van der Waals surface area (Å²) < 4.78 is 87.2. The van der Waals surface area contributed by atoms with Crippen LogP contribution in [0.5, 0.6) is 0 Å². The van der Waals surface area contributed by atoms with Crippen molar-refractivity contribution in [1.29, 1.82) is 0 Å². The van der Waals surface area contributed by atoms with E-state index in [4.69, 9.17) is 0 Å². The molecule has 2 aliphatic rings. The Morgan fingerprint density at radius 1 is 1.29 bits per heavy atom. The van der Waals surface area contributed by atoms with Crippen LogP contribution in [0, 0.1) is 0 Å². The Hall–Kier alpha value is -3.09. The van der Waals surface area contributed by atoms with Crippen LogP contribution in [0.1, 0.15) is 38.4 Å². The number of ether oxygens (including phenoxy) is 1. The van der Waals surface area contributed by atoms with Crippen molar-refractivity contribution in [1.82, 2.24) is 15.6 Å². The maximum absolute atomic E-state index is 13.9. The number of allylic oxidation sites excluding steroid dienone is 2. The fourth-order valence-corrected chi connectivity index (χ4v) is 3.73. The molecular weight excluding hydrogens is 480 g/mol. The number of amides is 1. The number of alkyl halides is 6. The summed E-state index contributed by atoms with van der Waals surface area (Å²) in [7, 11) is 0. The number of nitrogens with zero attached hydrogens (tertiary/aromatic N) is 3. The van der Waals surface area contributed by atoms with Crippen molar-refractivity contribution in [2.24, 2.45) is 4.99 Å². The first-order valence-corrected chi connectivity index (χ1v) is 10.9. The third kappa shape index (κ3) is 6.32. The fourth-order valence-electron chi connectivity index (χ4n) is 3.73. The lowest BCUT2D eigenvalue weighted by molar-refractivity contribution is -0.190. The molecule has 3 rings (SSSR count). The van der Waals surface area contributed by atoms with Crippen LogP contribution in [-0.4, -0.2) is 54.9 Å². The van der Waals surface area contributed by atoms with Gasteiger partial charge in [-0.15, -0.1) is 0 Å². The number of pyridine rings is 1. The van der Waals surface area contributed by atoms with E-state index in [-0.39, 0.29) is 23.1 Å². The molecule has 0 spiro atoms. The molecule has 0 radical (unpaired) electrons. The van der Waals surface area contributed by atoms with E-state index in [1.165, 1.54) is 19.2 Å². The summed E-state index contributed by atoms with van der Waals surface area (Å²) in [5, 5.41) is 5.29. The number of anilines is 1. The van der Waals surface area contributed by atoms with E-state index < -0.39 is 41.5 Å². The van der Waals surface area contributed by atoms with Crippen LogP contribution in [-0.2, 0) is 10.9 Å². The van der Waals surface area contributed by atoms with E-state index in [1.807, 2.05) is 6.92 Å². The highest BCUT2D eigenvalue weighted by atomic mass is 19.4. The van der Waals surface area contributed by atoms with E-state index in [0.717, 1.165) is 6.07 Å².